The molecule has 192 valence electrons. The quantitative estimate of drug-likeness (QED) is 0.416. The summed E-state index contributed by atoms with van der Waals surface area (Å²) in [4.78, 5) is 30.5. The number of aryl methyl sites for hydroxylation is 1. The summed E-state index contributed by atoms with van der Waals surface area (Å²) in [5, 5.41) is -0.160. The highest BCUT2D eigenvalue weighted by Crippen LogP contribution is 2.30. The lowest BCUT2D eigenvalue weighted by atomic mass is 10.1. The molecule has 3 aromatic rings. The monoisotopic (exact) mass is 526 g/mol. The highest BCUT2D eigenvalue weighted by molar-refractivity contribution is 6.22. The Kier molecular flexibility index (Phi) is 7.27. The van der Waals surface area contributed by atoms with Gasteiger partial charge in [0.05, 0.1) is 25.1 Å². The molecule has 2 heterocycles. The highest BCUT2D eigenvalue weighted by atomic mass is 35.5. The summed E-state index contributed by atoms with van der Waals surface area (Å²) >= 11 is 6.12. The van der Waals surface area contributed by atoms with Crippen molar-refractivity contribution in [1.29, 1.82) is 0 Å². The molecule has 0 fully saturated rings. The normalized spacial score (nSPS) is 15.8. The van der Waals surface area contributed by atoms with E-state index in [-0.39, 0.29) is 48.0 Å². The molecule has 0 aliphatic heterocycles. The first-order valence-electron chi connectivity index (χ1n) is 10.8. The molecule has 0 saturated carbocycles. The van der Waals surface area contributed by atoms with Crippen LogP contribution < -0.4 is 20.7 Å². The lowest BCUT2D eigenvalue weighted by molar-refractivity contribution is -0.274. The van der Waals surface area contributed by atoms with E-state index in [1.54, 1.807) is 12.2 Å². The van der Waals surface area contributed by atoms with Gasteiger partial charge >= 0.3 is 18.1 Å². The van der Waals surface area contributed by atoms with Gasteiger partial charge in [-0.3, -0.25) is 18.5 Å². The number of imidazole rings is 1. The number of nitrogens with zero attached hydrogens (tertiary/aromatic N) is 4. The maximum atomic E-state index is 13.4. The second kappa shape index (κ2) is 10.2. The molecule has 1 unspecified atom stereocenters. The zero-order chi connectivity index (χ0) is 26.0. The molecule has 0 radical (unpaired) electrons. The summed E-state index contributed by atoms with van der Waals surface area (Å²) < 4.78 is 56.5. The smallest absolute Gasteiger partial charge is 0.425 e. The Morgan fingerprint density at radius 3 is 2.61 bits per heavy atom. The van der Waals surface area contributed by atoms with Gasteiger partial charge in [-0.15, -0.1) is 24.8 Å². The largest absolute Gasteiger partial charge is 0.573 e. The van der Waals surface area contributed by atoms with Gasteiger partial charge in [-0.05, 0) is 24.1 Å². The molecule has 4 rings (SSSR count). The van der Waals surface area contributed by atoms with Crippen molar-refractivity contribution in [3.8, 4) is 17.5 Å². The molecule has 1 atom stereocenters. The fourth-order valence-corrected chi connectivity index (χ4v) is 3.90. The second-order valence-electron chi connectivity index (χ2n) is 7.96. The molecule has 1 aromatic carbocycles. The summed E-state index contributed by atoms with van der Waals surface area (Å²) in [6.45, 7) is 0.296. The molecule has 36 heavy (non-hydrogen) atoms. The summed E-state index contributed by atoms with van der Waals surface area (Å²) in [7, 11) is 2.91. The lowest BCUT2D eigenvalue weighted by Crippen LogP contribution is -2.40. The van der Waals surface area contributed by atoms with Crippen LogP contribution in [0, 0.1) is 0 Å². The number of halogens is 4. The van der Waals surface area contributed by atoms with Crippen molar-refractivity contribution in [1.82, 2.24) is 18.7 Å². The SMILES string of the molecule is COCCn1c(=O)c2c(nc(Oc3cccc(OC(F)(F)F)c3)n2CC2=CCC(Cl)C=C2)n(C)c1=O. The molecular formula is C23H22ClF3N4O5. The molecule has 1 aliphatic carbocycles. The van der Waals surface area contributed by atoms with Crippen molar-refractivity contribution in [2.75, 3.05) is 13.7 Å². The molecule has 0 spiro atoms. The molecule has 0 N–H and O–H groups in total. The van der Waals surface area contributed by atoms with E-state index >= 15 is 0 Å². The fourth-order valence-electron chi connectivity index (χ4n) is 3.73. The first-order chi connectivity index (χ1) is 17.1. The van der Waals surface area contributed by atoms with Gasteiger partial charge in [0.1, 0.15) is 11.5 Å². The van der Waals surface area contributed by atoms with E-state index in [1.807, 2.05) is 6.08 Å². The standard InChI is InChI=1S/C23H22ClF3N4O5/c1-29-19-18(20(32)30(22(29)33)10-11-34-2)31(13-14-6-8-15(24)9-7-14)21(28-19)35-16-4-3-5-17(12-16)36-23(25,26)27/h3-8,12,15H,9-11,13H2,1-2H3. The zero-order valence-electron chi connectivity index (χ0n) is 19.3. The van der Waals surface area contributed by atoms with Crippen LogP contribution in [0.5, 0.6) is 17.5 Å². The van der Waals surface area contributed by atoms with Gasteiger partial charge in [-0.1, -0.05) is 24.3 Å². The van der Waals surface area contributed by atoms with E-state index in [9.17, 15) is 22.8 Å². The number of hydrogen-bond donors (Lipinski definition) is 0. The van der Waals surface area contributed by atoms with E-state index in [0.717, 1.165) is 22.3 Å². The van der Waals surface area contributed by atoms with Crippen LogP contribution in [0.1, 0.15) is 6.42 Å². The Morgan fingerprint density at radius 2 is 1.94 bits per heavy atom. The third-order valence-corrected chi connectivity index (χ3v) is 5.75. The van der Waals surface area contributed by atoms with Crippen molar-refractivity contribution in [3.05, 3.63) is 68.9 Å². The van der Waals surface area contributed by atoms with Gasteiger partial charge in [-0.2, -0.15) is 4.98 Å². The highest BCUT2D eigenvalue weighted by Gasteiger charge is 2.31. The first kappa shape index (κ1) is 25.6. The van der Waals surface area contributed by atoms with Crippen molar-refractivity contribution in [3.63, 3.8) is 0 Å². The predicted octanol–water partition coefficient (Wildman–Crippen LogP) is 3.73. The average Bonchev–Trinajstić information content (AvgIpc) is 3.16. The van der Waals surface area contributed by atoms with Crippen molar-refractivity contribution in [2.45, 2.75) is 31.2 Å². The molecular weight excluding hydrogens is 505 g/mol. The zero-order valence-corrected chi connectivity index (χ0v) is 20.0. The van der Waals surface area contributed by atoms with Gasteiger partial charge in [-0.25, -0.2) is 4.79 Å². The van der Waals surface area contributed by atoms with Crippen LogP contribution in [0.25, 0.3) is 11.2 Å². The van der Waals surface area contributed by atoms with E-state index in [4.69, 9.17) is 21.1 Å². The van der Waals surface area contributed by atoms with Crippen LogP contribution >= 0.6 is 11.6 Å². The number of allylic oxidation sites excluding steroid dienone is 4. The van der Waals surface area contributed by atoms with E-state index in [2.05, 4.69) is 9.72 Å². The van der Waals surface area contributed by atoms with Crippen LogP contribution in [0.4, 0.5) is 13.2 Å². The minimum atomic E-state index is -4.88. The Hall–Kier alpha value is -3.51. The van der Waals surface area contributed by atoms with Gasteiger partial charge in [0.25, 0.3) is 5.56 Å². The van der Waals surface area contributed by atoms with Crippen molar-refractivity contribution >= 4 is 22.8 Å². The topological polar surface area (TPSA) is 89.5 Å². The summed E-state index contributed by atoms with van der Waals surface area (Å²) in [5.74, 6) is -0.491. The van der Waals surface area contributed by atoms with Gasteiger partial charge < -0.3 is 14.2 Å². The molecule has 13 heteroatoms. The maximum absolute atomic E-state index is 13.4. The number of methoxy groups -OCH3 is 1. The van der Waals surface area contributed by atoms with Crippen molar-refractivity contribution < 1.29 is 27.4 Å². The summed E-state index contributed by atoms with van der Waals surface area (Å²) in [5.41, 5.74) is -0.234. The van der Waals surface area contributed by atoms with E-state index < -0.39 is 23.4 Å². The Labute approximate surface area is 207 Å². The Balaban J connectivity index is 1.84. The molecule has 0 bridgehead atoms. The molecule has 0 saturated heterocycles. The van der Waals surface area contributed by atoms with Gasteiger partial charge in [0.15, 0.2) is 11.2 Å². The van der Waals surface area contributed by atoms with Crippen LogP contribution in [0.2, 0.25) is 0 Å². The molecule has 1 aliphatic rings. The number of hydrogen-bond acceptors (Lipinski definition) is 6. The minimum absolute atomic E-state index is 0.00740. The number of ether oxygens (including phenoxy) is 3. The third-order valence-electron chi connectivity index (χ3n) is 5.43. The maximum Gasteiger partial charge on any atom is 0.573 e. The molecule has 9 nitrogen and oxygen atoms in total. The summed E-state index contributed by atoms with van der Waals surface area (Å²) in [6, 6.07) is 4.82. The van der Waals surface area contributed by atoms with Crippen LogP contribution in [-0.4, -0.2) is 44.1 Å². The molecule has 0 amide bonds. The third kappa shape index (κ3) is 5.49. The van der Waals surface area contributed by atoms with Crippen molar-refractivity contribution in [2.24, 2.45) is 7.05 Å². The number of alkyl halides is 4. The number of rotatable bonds is 8. The van der Waals surface area contributed by atoms with E-state index in [1.165, 1.54) is 35.4 Å². The van der Waals surface area contributed by atoms with Gasteiger partial charge in [0, 0.05) is 20.2 Å². The van der Waals surface area contributed by atoms with Crippen LogP contribution in [0.15, 0.2) is 57.7 Å². The van der Waals surface area contributed by atoms with Crippen LogP contribution in [0.3, 0.4) is 0 Å². The average molecular weight is 527 g/mol. The van der Waals surface area contributed by atoms with Gasteiger partial charge in [0.2, 0.25) is 0 Å². The Bertz CT molecular complexity index is 1450. The molecule has 2 aromatic heterocycles. The fraction of sp³-hybridized carbons (Fsp3) is 0.348. The lowest BCUT2D eigenvalue weighted by Gasteiger charge is -2.15. The number of fused-ring (bicyclic) bond motifs is 1. The summed E-state index contributed by atoms with van der Waals surface area (Å²) in [6.07, 6.45) is 1.21. The van der Waals surface area contributed by atoms with Crippen LogP contribution in [-0.2, 0) is 24.9 Å². The number of benzene rings is 1. The van der Waals surface area contributed by atoms with E-state index in [0.29, 0.717) is 6.42 Å². The Morgan fingerprint density at radius 1 is 1.19 bits per heavy atom. The minimum Gasteiger partial charge on any atom is -0.425 e. The second-order valence-corrected chi connectivity index (χ2v) is 8.52. The predicted molar refractivity (Wildman–Crippen MR) is 126 cm³/mol. The first-order valence-corrected chi connectivity index (χ1v) is 11.2. The number of aromatic nitrogens is 4.